The lowest BCUT2D eigenvalue weighted by Crippen LogP contribution is -2.25. The van der Waals surface area contributed by atoms with Crippen molar-refractivity contribution in [3.05, 3.63) is 59.9 Å². The summed E-state index contributed by atoms with van der Waals surface area (Å²) in [5.74, 6) is 2.14. The predicted molar refractivity (Wildman–Crippen MR) is 128 cm³/mol. The van der Waals surface area contributed by atoms with Gasteiger partial charge >= 0.3 is 0 Å². The van der Waals surface area contributed by atoms with Crippen molar-refractivity contribution in [1.82, 2.24) is 9.13 Å². The van der Waals surface area contributed by atoms with Gasteiger partial charge in [0.05, 0.1) is 27.4 Å². The lowest BCUT2D eigenvalue weighted by molar-refractivity contribution is -0.182. The summed E-state index contributed by atoms with van der Waals surface area (Å²) in [4.78, 5) is 0. The van der Waals surface area contributed by atoms with Crippen LogP contribution >= 0.6 is 0 Å². The average molecular weight is 447 g/mol. The maximum absolute atomic E-state index is 5.78. The third-order valence-electron chi connectivity index (χ3n) is 7.14. The fourth-order valence-corrected chi connectivity index (χ4v) is 5.50. The van der Waals surface area contributed by atoms with Crippen molar-refractivity contribution in [3.63, 3.8) is 0 Å². The molecule has 2 aliphatic rings. The van der Waals surface area contributed by atoms with Gasteiger partial charge in [-0.25, -0.2) is 0 Å². The SMILES string of the molecule is COc1ccc2c(c1)cc1n2CCC1c1cn(CCC2OCCCO2)c2ccc(OC)cc12. The molecule has 1 fully saturated rings. The van der Waals surface area contributed by atoms with Gasteiger partial charge in [0.2, 0.25) is 0 Å². The molecule has 0 spiro atoms. The first-order valence-corrected chi connectivity index (χ1v) is 11.8. The molecule has 6 rings (SSSR count). The van der Waals surface area contributed by atoms with Crippen molar-refractivity contribution in [1.29, 1.82) is 0 Å². The van der Waals surface area contributed by atoms with Crippen LogP contribution in [0.3, 0.4) is 0 Å². The van der Waals surface area contributed by atoms with Crippen molar-refractivity contribution in [2.24, 2.45) is 0 Å². The van der Waals surface area contributed by atoms with E-state index >= 15 is 0 Å². The Morgan fingerprint density at radius 1 is 0.939 bits per heavy atom. The van der Waals surface area contributed by atoms with Crippen molar-refractivity contribution in [2.75, 3.05) is 27.4 Å². The minimum Gasteiger partial charge on any atom is -0.497 e. The second-order valence-electron chi connectivity index (χ2n) is 8.96. The van der Waals surface area contributed by atoms with Crippen molar-refractivity contribution >= 4 is 21.8 Å². The Bertz CT molecular complexity index is 1300. The summed E-state index contributed by atoms with van der Waals surface area (Å²) in [6.45, 7) is 3.46. The lowest BCUT2D eigenvalue weighted by atomic mass is 9.94. The fraction of sp³-hybridized carbons (Fsp3) is 0.407. The highest BCUT2D eigenvalue weighted by atomic mass is 16.7. The van der Waals surface area contributed by atoms with Crippen LogP contribution in [0.4, 0.5) is 0 Å². The first-order valence-electron chi connectivity index (χ1n) is 11.8. The molecule has 6 heteroatoms. The largest absolute Gasteiger partial charge is 0.497 e. The summed E-state index contributed by atoms with van der Waals surface area (Å²) in [6.07, 6.45) is 5.16. The van der Waals surface area contributed by atoms with Gasteiger partial charge in [-0.2, -0.15) is 0 Å². The van der Waals surface area contributed by atoms with Gasteiger partial charge in [0.1, 0.15) is 11.5 Å². The van der Waals surface area contributed by atoms with E-state index in [4.69, 9.17) is 18.9 Å². The number of methoxy groups -OCH3 is 2. The lowest BCUT2D eigenvalue weighted by Gasteiger charge is -2.23. The van der Waals surface area contributed by atoms with Crippen LogP contribution in [0.1, 0.15) is 36.4 Å². The molecule has 0 radical (unpaired) electrons. The summed E-state index contributed by atoms with van der Waals surface area (Å²) in [5, 5.41) is 2.50. The normalized spacial score (nSPS) is 18.8. The number of fused-ring (bicyclic) bond motifs is 4. The van der Waals surface area contributed by atoms with Crippen LogP contribution in [-0.2, 0) is 22.6 Å². The molecule has 33 heavy (non-hydrogen) atoms. The molecule has 6 nitrogen and oxygen atoms in total. The Morgan fingerprint density at radius 3 is 2.48 bits per heavy atom. The van der Waals surface area contributed by atoms with Crippen LogP contribution in [0.2, 0.25) is 0 Å². The minimum atomic E-state index is -0.109. The first kappa shape index (κ1) is 20.6. The number of aryl methyl sites for hydroxylation is 2. The smallest absolute Gasteiger partial charge is 0.159 e. The number of nitrogens with zero attached hydrogens (tertiary/aromatic N) is 2. The van der Waals surface area contributed by atoms with E-state index in [0.717, 1.165) is 57.1 Å². The number of ether oxygens (including phenoxy) is 4. The average Bonchev–Trinajstić information content (AvgIpc) is 3.54. The summed E-state index contributed by atoms with van der Waals surface area (Å²) >= 11 is 0. The summed E-state index contributed by atoms with van der Waals surface area (Å²) in [7, 11) is 3.45. The monoisotopic (exact) mass is 446 g/mol. The number of benzene rings is 2. The molecular formula is C27H30N2O4. The Kier molecular flexibility index (Phi) is 5.27. The highest BCUT2D eigenvalue weighted by molar-refractivity contribution is 5.88. The number of aromatic nitrogens is 2. The molecule has 172 valence electrons. The molecule has 0 amide bonds. The Balaban J connectivity index is 1.39. The van der Waals surface area contributed by atoms with Gasteiger partial charge in [-0.05, 0) is 60.9 Å². The van der Waals surface area contributed by atoms with Gasteiger partial charge in [0.25, 0.3) is 0 Å². The molecule has 2 aromatic heterocycles. The van der Waals surface area contributed by atoms with Gasteiger partial charge in [0.15, 0.2) is 6.29 Å². The first-order chi connectivity index (χ1) is 16.2. The van der Waals surface area contributed by atoms with Gasteiger partial charge < -0.3 is 28.1 Å². The molecule has 2 aliphatic heterocycles. The highest BCUT2D eigenvalue weighted by Crippen LogP contribution is 2.43. The van der Waals surface area contributed by atoms with Crippen LogP contribution in [0.5, 0.6) is 11.5 Å². The summed E-state index contributed by atoms with van der Waals surface area (Å²) in [6, 6.07) is 15.1. The molecule has 2 aromatic carbocycles. The fourth-order valence-electron chi connectivity index (χ4n) is 5.50. The van der Waals surface area contributed by atoms with Crippen LogP contribution in [-0.4, -0.2) is 42.9 Å². The molecular weight excluding hydrogens is 416 g/mol. The van der Waals surface area contributed by atoms with Gasteiger partial charge in [-0.1, -0.05) is 0 Å². The second kappa shape index (κ2) is 8.43. The third-order valence-corrected chi connectivity index (χ3v) is 7.14. The van der Waals surface area contributed by atoms with Crippen molar-refractivity contribution < 1.29 is 18.9 Å². The van der Waals surface area contributed by atoms with E-state index in [1.165, 1.54) is 33.1 Å². The third kappa shape index (κ3) is 3.58. The van der Waals surface area contributed by atoms with Crippen LogP contribution in [0, 0.1) is 0 Å². The quantitative estimate of drug-likeness (QED) is 0.403. The maximum Gasteiger partial charge on any atom is 0.159 e. The van der Waals surface area contributed by atoms with E-state index in [0.29, 0.717) is 5.92 Å². The molecule has 1 atom stereocenters. The standard InChI is InChI=1S/C27H30N2O4/c1-30-19-4-6-24-18(14-19)15-26-21(8-11-29(24)26)23-17-28(10-9-27-32-12-3-13-33-27)25-7-5-20(31-2)16-22(23)25/h4-7,14-17,21,27H,3,8-13H2,1-2H3. The van der Waals surface area contributed by atoms with E-state index in [1.807, 2.05) is 6.07 Å². The van der Waals surface area contributed by atoms with Crippen molar-refractivity contribution in [2.45, 2.75) is 44.6 Å². The van der Waals surface area contributed by atoms with Crippen LogP contribution < -0.4 is 9.47 Å². The molecule has 4 heterocycles. The Hall–Kier alpha value is -2.96. The molecule has 0 aliphatic carbocycles. The maximum atomic E-state index is 5.78. The zero-order valence-corrected chi connectivity index (χ0v) is 19.3. The van der Waals surface area contributed by atoms with E-state index < -0.39 is 0 Å². The molecule has 1 saturated heterocycles. The number of hydrogen-bond donors (Lipinski definition) is 0. The minimum absolute atomic E-state index is 0.109. The number of rotatable bonds is 6. The van der Waals surface area contributed by atoms with Gasteiger partial charge in [-0.15, -0.1) is 0 Å². The molecule has 4 aromatic rings. The summed E-state index contributed by atoms with van der Waals surface area (Å²) in [5.41, 5.74) is 5.25. The van der Waals surface area contributed by atoms with E-state index in [9.17, 15) is 0 Å². The second-order valence-corrected chi connectivity index (χ2v) is 8.96. The van der Waals surface area contributed by atoms with Crippen LogP contribution in [0.25, 0.3) is 21.8 Å². The predicted octanol–water partition coefficient (Wildman–Crippen LogP) is 5.30. The zero-order valence-electron chi connectivity index (χ0n) is 19.3. The molecule has 0 bridgehead atoms. The van der Waals surface area contributed by atoms with Gasteiger partial charge in [0, 0.05) is 59.1 Å². The van der Waals surface area contributed by atoms with E-state index in [1.54, 1.807) is 14.2 Å². The Morgan fingerprint density at radius 2 is 1.70 bits per heavy atom. The van der Waals surface area contributed by atoms with Crippen molar-refractivity contribution in [3.8, 4) is 11.5 Å². The number of hydrogen-bond acceptors (Lipinski definition) is 4. The van der Waals surface area contributed by atoms with E-state index in [2.05, 4.69) is 51.7 Å². The Labute approximate surface area is 193 Å². The topological polar surface area (TPSA) is 46.8 Å². The van der Waals surface area contributed by atoms with Crippen LogP contribution in [0.15, 0.2) is 48.7 Å². The molecule has 0 N–H and O–H groups in total. The van der Waals surface area contributed by atoms with Gasteiger partial charge in [-0.3, -0.25) is 0 Å². The summed E-state index contributed by atoms with van der Waals surface area (Å²) < 4.78 is 27.4. The highest BCUT2D eigenvalue weighted by Gasteiger charge is 2.29. The van der Waals surface area contributed by atoms with E-state index in [-0.39, 0.29) is 6.29 Å². The zero-order chi connectivity index (χ0) is 22.4. The molecule has 1 unspecified atom stereocenters. The molecule has 0 saturated carbocycles.